The average molecular weight is 336 g/mol. The number of benzene rings is 3. The predicted molar refractivity (Wildman–Crippen MR) is 103 cm³/mol. The highest BCUT2D eigenvalue weighted by Gasteiger charge is 2.17. The van der Waals surface area contributed by atoms with Crippen molar-refractivity contribution < 1.29 is 5.11 Å². The van der Waals surface area contributed by atoms with Gasteiger partial charge in [-0.15, -0.1) is 0 Å². The summed E-state index contributed by atoms with van der Waals surface area (Å²) in [4.78, 5) is 4.73. The number of nitrogens with zero attached hydrogens (tertiary/aromatic N) is 2. The number of aromatic nitrogens is 1. The quantitative estimate of drug-likeness (QED) is 0.568. The molecule has 0 saturated heterocycles. The Bertz CT molecular complexity index is 1110. The van der Waals surface area contributed by atoms with E-state index < -0.39 is 0 Å². The molecule has 0 aliphatic rings. The van der Waals surface area contributed by atoms with Crippen molar-refractivity contribution in [1.82, 2.24) is 4.98 Å². The number of rotatable bonds is 3. The molecule has 3 nitrogen and oxygen atoms in total. The van der Waals surface area contributed by atoms with E-state index in [9.17, 15) is 10.4 Å². The van der Waals surface area contributed by atoms with Crippen molar-refractivity contribution in [2.75, 3.05) is 0 Å². The molecule has 0 atom stereocenters. The van der Waals surface area contributed by atoms with Crippen LogP contribution in [-0.2, 0) is 6.42 Å². The molecule has 0 aliphatic carbocycles. The maximum Gasteiger partial charge on any atom is 0.116 e. The topological polar surface area (TPSA) is 56.9 Å². The number of hydrogen-bond donors (Lipinski definition) is 1. The molecule has 1 N–H and O–H groups in total. The van der Waals surface area contributed by atoms with Crippen LogP contribution in [0.1, 0.15) is 16.8 Å². The van der Waals surface area contributed by atoms with Crippen molar-refractivity contribution in [3.8, 4) is 22.9 Å². The zero-order chi connectivity index (χ0) is 17.9. The first-order valence-corrected chi connectivity index (χ1v) is 8.41. The Labute approximate surface area is 151 Å². The van der Waals surface area contributed by atoms with Gasteiger partial charge in [0.2, 0.25) is 0 Å². The van der Waals surface area contributed by atoms with E-state index in [-0.39, 0.29) is 5.75 Å². The lowest BCUT2D eigenvalue weighted by atomic mass is 9.93. The maximum absolute atomic E-state index is 9.96. The highest BCUT2D eigenvalue weighted by Crippen LogP contribution is 2.35. The molecule has 3 aromatic carbocycles. The Morgan fingerprint density at radius 1 is 0.885 bits per heavy atom. The van der Waals surface area contributed by atoms with Crippen molar-refractivity contribution in [3.63, 3.8) is 0 Å². The molecule has 0 amide bonds. The number of phenols is 1. The second kappa shape index (κ2) is 6.70. The number of phenolic OH excluding ortho intramolecular Hbond substituents is 1. The summed E-state index contributed by atoms with van der Waals surface area (Å²) in [6.07, 6.45) is 0.584. The van der Waals surface area contributed by atoms with Crippen LogP contribution < -0.4 is 0 Å². The van der Waals surface area contributed by atoms with Gasteiger partial charge in [-0.25, -0.2) is 0 Å². The van der Waals surface area contributed by atoms with E-state index >= 15 is 0 Å². The molecule has 4 aromatic rings. The molecule has 0 unspecified atom stereocenters. The highest BCUT2D eigenvalue weighted by molar-refractivity contribution is 5.98. The minimum absolute atomic E-state index is 0.163. The zero-order valence-corrected chi connectivity index (χ0v) is 14.1. The van der Waals surface area contributed by atoms with E-state index in [1.165, 1.54) is 0 Å². The van der Waals surface area contributed by atoms with Gasteiger partial charge >= 0.3 is 0 Å². The standard InChI is InChI=1S/C23H16N2O/c24-15-20-22(13-16-7-3-1-4-8-16)25-21-12-11-18(26)14-19(21)23(20)17-9-5-2-6-10-17/h1-12,14,26H,13H2. The van der Waals surface area contributed by atoms with E-state index in [2.05, 4.69) is 6.07 Å². The molecule has 0 saturated carbocycles. The minimum Gasteiger partial charge on any atom is -0.508 e. The molecule has 0 radical (unpaired) electrons. The molecular formula is C23H16N2O. The molecule has 1 heterocycles. The van der Waals surface area contributed by atoms with Crippen LogP contribution in [0.4, 0.5) is 0 Å². The Morgan fingerprint density at radius 3 is 2.27 bits per heavy atom. The van der Waals surface area contributed by atoms with Gasteiger partial charge in [-0.2, -0.15) is 5.26 Å². The predicted octanol–water partition coefficient (Wildman–Crippen LogP) is 5.07. The monoisotopic (exact) mass is 336 g/mol. The summed E-state index contributed by atoms with van der Waals surface area (Å²) in [5, 5.41) is 20.7. The number of aromatic hydroxyl groups is 1. The summed E-state index contributed by atoms with van der Waals surface area (Å²) in [7, 11) is 0. The SMILES string of the molecule is N#Cc1c(Cc2ccccc2)nc2ccc(O)cc2c1-c1ccccc1. The first kappa shape index (κ1) is 15.9. The number of nitriles is 1. The molecular weight excluding hydrogens is 320 g/mol. The van der Waals surface area contributed by atoms with Crippen molar-refractivity contribution in [2.24, 2.45) is 0 Å². The lowest BCUT2D eigenvalue weighted by Crippen LogP contribution is -2.01. The molecule has 0 aliphatic heterocycles. The van der Waals surface area contributed by atoms with E-state index in [0.717, 1.165) is 33.3 Å². The van der Waals surface area contributed by atoms with E-state index in [4.69, 9.17) is 4.98 Å². The zero-order valence-electron chi connectivity index (χ0n) is 14.1. The van der Waals surface area contributed by atoms with Crippen LogP contribution in [0, 0.1) is 11.3 Å². The van der Waals surface area contributed by atoms with Gasteiger partial charge in [0.05, 0.1) is 16.8 Å². The average Bonchev–Trinajstić information content (AvgIpc) is 2.68. The second-order valence-corrected chi connectivity index (χ2v) is 6.15. The van der Waals surface area contributed by atoms with E-state index in [1.54, 1.807) is 18.2 Å². The molecule has 1 aromatic heterocycles. The highest BCUT2D eigenvalue weighted by atomic mass is 16.3. The largest absolute Gasteiger partial charge is 0.508 e. The summed E-state index contributed by atoms with van der Waals surface area (Å²) < 4.78 is 0. The Kier molecular flexibility index (Phi) is 4.09. The van der Waals surface area contributed by atoms with Crippen LogP contribution in [-0.4, -0.2) is 10.1 Å². The van der Waals surface area contributed by atoms with Crippen LogP contribution in [0.2, 0.25) is 0 Å². The first-order valence-electron chi connectivity index (χ1n) is 8.41. The van der Waals surface area contributed by atoms with Crippen LogP contribution in [0.15, 0.2) is 78.9 Å². The van der Waals surface area contributed by atoms with Crippen molar-refractivity contribution in [2.45, 2.75) is 6.42 Å². The third kappa shape index (κ3) is 2.89. The number of hydrogen-bond acceptors (Lipinski definition) is 3. The molecule has 3 heteroatoms. The fourth-order valence-corrected chi connectivity index (χ4v) is 3.24. The van der Waals surface area contributed by atoms with Crippen LogP contribution in [0.25, 0.3) is 22.0 Å². The number of pyridine rings is 1. The second-order valence-electron chi connectivity index (χ2n) is 6.15. The first-order chi connectivity index (χ1) is 12.8. The van der Waals surface area contributed by atoms with Crippen molar-refractivity contribution in [3.05, 3.63) is 95.7 Å². The molecule has 0 fully saturated rings. The number of fused-ring (bicyclic) bond motifs is 1. The van der Waals surface area contributed by atoms with Gasteiger partial charge in [0.1, 0.15) is 11.8 Å². The lowest BCUT2D eigenvalue weighted by molar-refractivity contribution is 0.476. The molecule has 0 bridgehead atoms. The Morgan fingerprint density at radius 2 is 1.58 bits per heavy atom. The van der Waals surface area contributed by atoms with Gasteiger partial charge in [-0.1, -0.05) is 60.7 Å². The van der Waals surface area contributed by atoms with Gasteiger partial charge in [-0.3, -0.25) is 4.98 Å². The van der Waals surface area contributed by atoms with Crippen LogP contribution in [0.5, 0.6) is 5.75 Å². The minimum atomic E-state index is 0.163. The van der Waals surface area contributed by atoms with Crippen LogP contribution in [0.3, 0.4) is 0 Å². The van der Waals surface area contributed by atoms with E-state index in [1.807, 2.05) is 60.7 Å². The summed E-state index contributed by atoms with van der Waals surface area (Å²) in [5.41, 5.74) is 4.94. The third-order valence-corrected chi connectivity index (χ3v) is 4.43. The smallest absolute Gasteiger partial charge is 0.116 e. The summed E-state index contributed by atoms with van der Waals surface area (Å²) in [6.45, 7) is 0. The maximum atomic E-state index is 9.96. The lowest BCUT2D eigenvalue weighted by Gasteiger charge is -2.14. The van der Waals surface area contributed by atoms with Crippen LogP contribution >= 0.6 is 0 Å². The summed E-state index contributed by atoms with van der Waals surface area (Å²) in [5.74, 6) is 0.163. The Hall–Kier alpha value is -3.64. The normalized spacial score (nSPS) is 10.6. The van der Waals surface area contributed by atoms with Crippen molar-refractivity contribution >= 4 is 10.9 Å². The summed E-state index contributed by atoms with van der Waals surface area (Å²) >= 11 is 0. The van der Waals surface area contributed by atoms with Gasteiger partial charge in [0.15, 0.2) is 0 Å². The summed E-state index contributed by atoms with van der Waals surface area (Å²) in [6, 6.07) is 27.3. The molecule has 26 heavy (non-hydrogen) atoms. The van der Waals surface area contributed by atoms with E-state index in [0.29, 0.717) is 12.0 Å². The van der Waals surface area contributed by atoms with Gasteiger partial charge in [-0.05, 0) is 29.3 Å². The van der Waals surface area contributed by atoms with Gasteiger partial charge < -0.3 is 5.11 Å². The van der Waals surface area contributed by atoms with Gasteiger partial charge in [0.25, 0.3) is 0 Å². The van der Waals surface area contributed by atoms with Gasteiger partial charge in [0, 0.05) is 17.4 Å². The fourth-order valence-electron chi connectivity index (χ4n) is 3.24. The third-order valence-electron chi connectivity index (χ3n) is 4.43. The Balaban J connectivity index is 2.02. The van der Waals surface area contributed by atoms with Crippen molar-refractivity contribution in [1.29, 1.82) is 5.26 Å². The fraction of sp³-hybridized carbons (Fsp3) is 0.0435. The molecule has 4 rings (SSSR count). The molecule has 0 spiro atoms. The molecule has 124 valence electrons.